The molecule has 1 aromatic carbocycles. The van der Waals surface area contributed by atoms with Crippen molar-refractivity contribution in [3.8, 4) is 0 Å². The number of carbonyl (C=O) groups is 2. The number of rotatable bonds is 3. The van der Waals surface area contributed by atoms with Crippen LogP contribution in [0.4, 0.5) is 4.79 Å². The molecule has 1 fully saturated rings. The first kappa shape index (κ1) is 14.7. The van der Waals surface area contributed by atoms with Gasteiger partial charge in [0.25, 0.3) is 11.9 Å². The number of imide groups is 1. The largest absolute Gasteiger partial charge is 0.429 e. The van der Waals surface area contributed by atoms with Crippen molar-refractivity contribution in [2.75, 3.05) is 13.6 Å². The van der Waals surface area contributed by atoms with E-state index < -0.39 is 12.2 Å². The van der Waals surface area contributed by atoms with Crippen molar-refractivity contribution in [2.24, 2.45) is 4.99 Å². The minimum absolute atomic E-state index is 0.229. The molecule has 4 rings (SSSR count). The Balaban J connectivity index is 1.56. The lowest BCUT2D eigenvalue weighted by Crippen LogP contribution is -2.64. The van der Waals surface area contributed by atoms with Gasteiger partial charge in [-0.25, -0.2) is 9.79 Å². The fraction of sp³-hybridized carbons (Fsp3) is 0.353. The highest BCUT2D eigenvalue weighted by molar-refractivity contribution is 6.03. The highest BCUT2D eigenvalue weighted by Crippen LogP contribution is 2.32. The minimum atomic E-state index is -0.545. The molecule has 124 valence electrons. The normalized spacial score (nSPS) is 25.3. The molecule has 7 heteroatoms. The number of carbonyl (C=O) groups excluding carboxylic acids is 2. The number of hydrogen-bond donors (Lipinski definition) is 0. The Kier molecular flexibility index (Phi) is 3.30. The second-order valence-electron chi connectivity index (χ2n) is 6.14. The van der Waals surface area contributed by atoms with Gasteiger partial charge >= 0.3 is 6.03 Å². The lowest BCUT2D eigenvalue weighted by molar-refractivity contribution is -0.136. The Labute approximate surface area is 139 Å². The summed E-state index contributed by atoms with van der Waals surface area (Å²) in [7, 11) is 1.67. The number of urea groups is 1. The fourth-order valence-electron chi connectivity index (χ4n) is 3.29. The van der Waals surface area contributed by atoms with Crippen LogP contribution in [-0.4, -0.2) is 58.5 Å². The van der Waals surface area contributed by atoms with E-state index >= 15 is 0 Å². The second kappa shape index (κ2) is 5.36. The van der Waals surface area contributed by atoms with E-state index in [2.05, 4.69) is 4.99 Å². The van der Waals surface area contributed by atoms with Crippen LogP contribution in [-0.2, 0) is 16.0 Å². The Morgan fingerprint density at radius 2 is 1.96 bits per heavy atom. The van der Waals surface area contributed by atoms with Gasteiger partial charge in [-0.1, -0.05) is 30.3 Å². The SMILES string of the molecule is CC1=CN2C(=NC3C2C(=O)N(CCc2ccccc2)C(=O)N3C)O1. The summed E-state index contributed by atoms with van der Waals surface area (Å²) in [6.07, 6.45) is 1.86. The molecule has 2 unspecified atom stereocenters. The Hall–Kier alpha value is -2.83. The number of fused-ring (bicyclic) bond motifs is 3. The monoisotopic (exact) mass is 326 g/mol. The van der Waals surface area contributed by atoms with E-state index in [-0.39, 0.29) is 11.9 Å². The highest BCUT2D eigenvalue weighted by Gasteiger charge is 2.53. The summed E-state index contributed by atoms with van der Waals surface area (Å²) in [6, 6.07) is 9.34. The zero-order valence-corrected chi connectivity index (χ0v) is 13.5. The predicted molar refractivity (Wildman–Crippen MR) is 86.7 cm³/mol. The molecule has 2 atom stereocenters. The molecule has 3 heterocycles. The fourth-order valence-corrected chi connectivity index (χ4v) is 3.29. The predicted octanol–water partition coefficient (Wildman–Crippen LogP) is 1.38. The molecule has 0 aliphatic carbocycles. The maximum Gasteiger partial charge on any atom is 0.328 e. The lowest BCUT2D eigenvalue weighted by Gasteiger charge is -2.39. The van der Waals surface area contributed by atoms with Crippen LogP contribution in [0.1, 0.15) is 12.5 Å². The number of amides is 3. The summed E-state index contributed by atoms with van der Waals surface area (Å²) in [5.74, 6) is 0.461. The van der Waals surface area contributed by atoms with E-state index in [9.17, 15) is 9.59 Å². The van der Waals surface area contributed by atoms with Crippen LogP contribution >= 0.6 is 0 Å². The van der Waals surface area contributed by atoms with E-state index in [0.717, 1.165) is 5.56 Å². The Bertz CT molecular complexity index is 758. The van der Waals surface area contributed by atoms with E-state index in [1.165, 1.54) is 9.80 Å². The topological polar surface area (TPSA) is 65.5 Å². The molecular weight excluding hydrogens is 308 g/mol. The number of benzene rings is 1. The van der Waals surface area contributed by atoms with Crippen LogP contribution in [0.2, 0.25) is 0 Å². The van der Waals surface area contributed by atoms with Crippen LogP contribution in [0.3, 0.4) is 0 Å². The molecule has 3 aliphatic heterocycles. The first-order chi connectivity index (χ1) is 11.6. The Morgan fingerprint density at radius 1 is 1.21 bits per heavy atom. The first-order valence-electron chi connectivity index (χ1n) is 7.91. The maximum atomic E-state index is 12.9. The summed E-state index contributed by atoms with van der Waals surface area (Å²) in [5.41, 5.74) is 1.09. The van der Waals surface area contributed by atoms with Crippen LogP contribution in [0.25, 0.3) is 0 Å². The molecule has 1 aromatic rings. The number of allylic oxidation sites excluding steroid dienone is 1. The van der Waals surface area contributed by atoms with Gasteiger partial charge in [-0.15, -0.1) is 0 Å². The van der Waals surface area contributed by atoms with Crippen LogP contribution in [0.5, 0.6) is 0 Å². The molecule has 3 amide bonds. The van der Waals surface area contributed by atoms with E-state index in [1.54, 1.807) is 18.1 Å². The third-order valence-electron chi connectivity index (χ3n) is 4.53. The number of likely N-dealkylation sites (N-methyl/N-ethyl adjacent to an activating group) is 1. The number of aliphatic imine (C=N–C) groups is 1. The molecule has 0 radical (unpaired) electrons. The average molecular weight is 326 g/mol. The van der Waals surface area contributed by atoms with Crippen molar-refractivity contribution < 1.29 is 14.3 Å². The number of amidine groups is 1. The van der Waals surface area contributed by atoms with E-state index in [0.29, 0.717) is 24.7 Å². The van der Waals surface area contributed by atoms with Gasteiger partial charge in [-0.05, 0) is 18.9 Å². The standard InChI is InChI=1S/C17H18N4O3/c1-11-10-21-13-14(18-16(21)24-11)19(2)17(23)20(15(13)22)9-8-12-6-4-3-5-7-12/h3-7,10,13-14H,8-9H2,1-2H3. The van der Waals surface area contributed by atoms with Gasteiger partial charge in [0.2, 0.25) is 0 Å². The van der Waals surface area contributed by atoms with Crippen molar-refractivity contribution in [1.29, 1.82) is 0 Å². The molecular formula is C17H18N4O3. The van der Waals surface area contributed by atoms with E-state index in [1.807, 2.05) is 37.3 Å². The molecule has 0 spiro atoms. The van der Waals surface area contributed by atoms with Crippen molar-refractivity contribution in [2.45, 2.75) is 25.6 Å². The van der Waals surface area contributed by atoms with Crippen LogP contribution < -0.4 is 0 Å². The number of hydrogen-bond acceptors (Lipinski definition) is 5. The lowest BCUT2D eigenvalue weighted by atomic mass is 10.1. The molecule has 0 saturated carbocycles. The Morgan fingerprint density at radius 3 is 2.71 bits per heavy atom. The zero-order valence-electron chi connectivity index (χ0n) is 13.5. The van der Waals surface area contributed by atoms with Crippen molar-refractivity contribution in [1.82, 2.24) is 14.7 Å². The summed E-state index contributed by atoms with van der Waals surface area (Å²) in [6.45, 7) is 2.16. The van der Waals surface area contributed by atoms with Gasteiger partial charge < -0.3 is 9.64 Å². The van der Waals surface area contributed by atoms with Gasteiger partial charge in [0.1, 0.15) is 5.76 Å². The maximum absolute atomic E-state index is 12.9. The zero-order chi connectivity index (χ0) is 16.8. The number of nitrogens with zero attached hydrogens (tertiary/aromatic N) is 4. The van der Waals surface area contributed by atoms with Gasteiger partial charge in [0.05, 0.1) is 0 Å². The summed E-state index contributed by atoms with van der Waals surface area (Å²) >= 11 is 0. The third-order valence-corrected chi connectivity index (χ3v) is 4.53. The highest BCUT2D eigenvalue weighted by atomic mass is 16.5. The molecule has 0 aromatic heterocycles. The molecule has 3 aliphatic rings. The van der Waals surface area contributed by atoms with Crippen molar-refractivity contribution in [3.63, 3.8) is 0 Å². The quantitative estimate of drug-likeness (QED) is 0.842. The third kappa shape index (κ3) is 2.16. The van der Waals surface area contributed by atoms with Crippen LogP contribution in [0, 0.1) is 0 Å². The van der Waals surface area contributed by atoms with Crippen molar-refractivity contribution >= 4 is 18.0 Å². The summed E-state index contributed by atoms with van der Waals surface area (Å²) in [5, 5.41) is 0. The second-order valence-corrected chi connectivity index (χ2v) is 6.14. The molecule has 24 heavy (non-hydrogen) atoms. The summed E-state index contributed by atoms with van der Waals surface area (Å²) < 4.78 is 5.50. The van der Waals surface area contributed by atoms with Gasteiger partial charge in [0.15, 0.2) is 12.2 Å². The van der Waals surface area contributed by atoms with Gasteiger partial charge in [-0.2, -0.15) is 0 Å². The minimum Gasteiger partial charge on any atom is -0.429 e. The van der Waals surface area contributed by atoms with E-state index in [4.69, 9.17) is 4.74 Å². The summed E-state index contributed by atoms with van der Waals surface area (Å²) in [4.78, 5) is 34.4. The molecule has 0 N–H and O–H groups in total. The van der Waals surface area contributed by atoms with Crippen molar-refractivity contribution in [3.05, 3.63) is 47.9 Å². The van der Waals surface area contributed by atoms with Crippen LogP contribution in [0.15, 0.2) is 47.3 Å². The molecule has 7 nitrogen and oxygen atoms in total. The van der Waals surface area contributed by atoms with Gasteiger partial charge in [0, 0.05) is 19.8 Å². The smallest absolute Gasteiger partial charge is 0.328 e. The molecule has 1 saturated heterocycles. The molecule has 0 bridgehead atoms. The number of ether oxygens (including phenoxy) is 1. The van der Waals surface area contributed by atoms with Gasteiger partial charge in [-0.3, -0.25) is 14.6 Å². The average Bonchev–Trinajstić information content (AvgIpc) is 3.09. The first-order valence-corrected chi connectivity index (χ1v) is 7.91.